The third-order valence-electron chi connectivity index (χ3n) is 2.99. The molecular weight excluding hydrogens is 274 g/mol. The SMILES string of the molecule is CC(C)CNC(=O)C(C)Oc1cc2c(cc1C=O)OCO2. The molecule has 1 heterocycles. The molecule has 0 radical (unpaired) electrons. The van der Waals surface area contributed by atoms with E-state index in [0.717, 1.165) is 0 Å². The monoisotopic (exact) mass is 293 g/mol. The summed E-state index contributed by atoms with van der Waals surface area (Å²) in [6.45, 7) is 6.34. The number of carbonyl (C=O) groups excluding carboxylic acids is 2. The van der Waals surface area contributed by atoms with Crippen molar-refractivity contribution in [3.63, 3.8) is 0 Å². The maximum Gasteiger partial charge on any atom is 0.260 e. The van der Waals surface area contributed by atoms with Gasteiger partial charge in [0.15, 0.2) is 23.9 Å². The third kappa shape index (κ3) is 3.65. The lowest BCUT2D eigenvalue weighted by Gasteiger charge is -2.17. The van der Waals surface area contributed by atoms with Gasteiger partial charge in [-0.1, -0.05) is 13.8 Å². The maximum absolute atomic E-state index is 11.9. The minimum atomic E-state index is -0.706. The first-order valence-corrected chi connectivity index (χ1v) is 6.84. The minimum Gasteiger partial charge on any atom is -0.480 e. The smallest absolute Gasteiger partial charge is 0.260 e. The molecule has 6 heteroatoms. The highest BCUT2D eigenvalue weighted by Gasteiger charge is 2.21. The number of hydrogen-bond donors (Lipinski definition) is 1. The Morgan fingerprint density at radius 3 is 2.62 bits per heavy atom. The first kappa shape index (κ1) is 15.2. The van der Waals surface area contributed by atoms with Gasteiger partial charge in [0.25, 0.3) is 5.91 Å². The van der Waals surface area contributed by atoms with Gasteiger partial charge >= 0.3 is 0 Å². The second-order valence-corrected chi connectivity index (χ2v) is 5.26. The predicted molar refractivity (Wildman–Crippen MR) is 75.9 cm³/mol. The number of rotatable bonds is 6. The Bertz CT molecular complexity index is 541. The number of carbonyl (C=O) groups is 2. The molecule has 0 spiro atoms. The normalized spacial score (nSPS) is 13.9. The minimum absolute atomic E-state index is 0.113. The van der Waals surface area contributed by atoms with Gasteiger partial charge in [0.1, 0.15) is 5.75 Å². The van der Waals surface area contributed by atoms with Gasteiger partial charge in [0.2, 0.25) is 6.79 Å². The van der Waals surface area contributed by atoms with Crippen LogP contribution in [0.5, 0.6) is 17.2 Å². The zero-order valence-electron chi connectivity index (χ0n) is 12.3. The van der Waals surface area contributed by atoms with Crippen molar-refractivity contribution in [2.45, 2.75) is 26.9 Å². The van der Waals surface area contributed by atoms with Crippen LogP contribution in [0.3, 0.4) is 0 Å². The second kappa shape index (κ2) is 6.47. The average Bonchev–Trinajstić information content (AvgIpc) is 2.90. The highest BCUT2D eigenvalue weighted by atomic mass is 16.7. The van der Waals surface area contributed by atoms with Crippen LogP contribution >= 0.6 is 0 Å². The zero-order valence-corrected chi connectivity index (χ0v) is 12.3. The van der Waals surface area contributed by atoms with Crippen molar-refractivity contribution in [3.05, 3.63) is 17.7 Å². The number of benzene rings is 1. The van der Waals surface area contributed by atoms with E-state index >= 15 is 0 Å². The van der Waals surface area contributed by atoms with Crippen LogP contribution in [0.15, 0.2) is 12.1 Å². The van der Waals surface area contributed by atoms with Gasteiger partial charge in [-0.15, -0.1) is 0 Å². The highest BCUT2D eigenvalue weighted by Crippen LogP contribution is 2.37. The van der Waals surface area contributed by atoms with Gasteiger partial charge in [0.05, 0.1) is 5.56 Å². The van der Waals surface area contributed by atoms with E-state index in [9.17, 15) is 9.59 Å². The second-order valence-electron chi connectivity index (χ2n) is 5.26. The van der Waals surface area contributed by atoms with E-state index in [1.165, 1.54) is 0 Å². The molecule has 21 heavy (non-hydrogen) atoms. The number of ether oxygens (including phenoxy) is 3. The Morgan fingerprint density at radius 2 is 2.00 bits per heavy atom. The maximum atomic E-state index is 11.9. The van der Waals surface area contributed by atoms with Gasteiger partial charge in [-0.3, -0.25) is 9.59 Å². The van der Waals surface area contributed by atoms with Crippen molar-refractivity contribution < 1.29 is 23.8 Å². The van der Waals surface area contributed by atoms with E-state index in [2.05, 4.69) is 5.32 Å². The summed E-state index contributed by atoms with van der Waals surface area (Å²) in [5, 5.41) is 2.78. The number of aldehydes is 1. The molecule has 1 atom stereocenters. The van der Waals surface area contributed by atoms with Gasteiger partial charge in [0, 0.05) is 12.6 Å². The van der Waals surface area contributed by atoms with Crippen LogP contribution in [0, 0.1) is 5.92 Å². The molecule has 0 bridgehead atoms. The summed E-state index contributed by atoms with van der Waals surface area (Å²) in [4.78, 5) is 23.0. The van der Waals surface area contributed by atoms with Crippen LogP contribution in [-0.4, -0.2) is 31.6 Å². The lowest BCUT2D eigenvalue weighted by atomic mass is 10.2. The molecule has 1 N–H and O–H groups in total. The van der Waals surface area contributed by atoms with Gasteiger partial charge in [-0.25, -0.2) is 0 Å². The van der Waals surface area contributed by atoms with Crippen molar-refractivity contribution in [1.82, 2.24) is 5.32 Å². The van der Waals surface area contributed by atoms with E-state index in [4.69, 9.17) is 14.2 Å². The van der Waals surface area contributed by atoms with Crippen molar-refractivity contribution >= 4 is 12.2 Å². The topological polar surface area (TPSA) is 73.9 Å². The summed E-state index contributed by atoms with van der Waals surface area (Å²) < 4.78 is 16.0. The van der Waals surface area contributed by atoms with Crippen LogP contribution in [0.2, 0.25) is 0 Å². The molecule has 0 saturated heterocycles. The van der Waals surface area contributed by atoms with Crippen molar-refractivity contribution in [2.75, 3.05) is 13.3 Å². The molecule has 0 aliphatic carbocycles. The lowest BCUT2D eigenvalue weighted by Crippen LogP contribution is -2.38. The summed E-state index contributed by atoms with van der Waals surface area (Å²) in [6.07, 6.45) is -0.0430. The molecular formula is C15H19NO5. The molecule has 1 amide bonds. The standard InChI is InChI=1S/C15H19NO5/c1-9(2)6-16-15(18)10(3)21-12-5-14-13(19-8-20-14)4-11(12)7-17/h4-5,7,9-10H,6,8H2,1-3H3,(H,16,18). The van der Waals surface area contributed by atoms with Crippen LogP contribution in [0.1, 0.15) is 31.1 Å². The Kier molecular flexibility index (Phi) is 4.67. The molecule has 0 aromatic heterocycles. The van der Waals surface area contributed by atoms with Crippen LogP contribution in [0.25, 0.3) is 0 Å². The van der Waals surface area contributed by atoms with E-state index in [0.29, 0.717) is 41.6 Å². The number of nitrogens with one attached hydrogen (secondary N) is 1. The Hall–Kier alpha value is -2.24. The van der Waals surface area contributed by atoms with Gasteiger partial charge in [-0.2, -0.15) is 0 Å². The molecule has 1 aliphatic heterocycles. The summed E-state index contributed by atoms with van der Waals surface area (Å²) in [5.41, 5.74) is 0.322. The van der Waals surface area contributed by atoms with Crippen molar-refractivity contribution in [1.29, 1.82) is 0 Å². The van der Waals surface area contributed by atoms with E-state index in [-0.39, 0.29) is 12.7 Å². The Labute approximate surface area is 123 Å². The molecule has 6 nitrogen and oxygen atoms in total. The lowest BCUT2D eigenvalue weighted by molar-refractivity contribution is -0.127. The predicted octanol–water partition coefficient (Wildman–Crippen LogP) is 1.77. The Balaban J connectivity index is 2.08. The summed E-state index contributed by atoms with van der Waals surface area (Å²) in [6, 6.07) is 3.11. The van der Waals surface area contributed by atoms with Crippen molar-refractivity contribution in [2.24, 2.45) is 5.92 Å². The van der Waals surface area contributed by atoms with Crippen LogP contribution in [0.4, 0.5) is 0 Å². The number of hydrogen-bond acceptors (Lipinski definition) is 5. The number of amides is 1. The van der Waals surface area contributed by atoms with E-state index < -0.39 is 6.10 Å². The summed E-state index contributed by atoms with van der Waals surface area (Å²) in [7, 11) is 0. The Morgan fingerprint density at radius 1 is 1.33 bits per heavy atom. The fourth-order valence-corrected chi connectivity index (χ4v) is 1.83. The summed E-state index contributed by atoms with van der Waals surface area (Å²) >= 11 is 0. The van der Waals surface area contributed by atoms with Crippen LogP contribution in [-0.2, 0) is 4.79 Å². The van der Waals surface area contributed by atoms with E-state index in [1.54, 1.807) is 19.1 Å². The third-order valence-corrected chi connectivity index (χ3v) is 2.99. The molecule has 1 aliphatic rings. The quantitative estimate of drug-likeness (QED) is 0.809. The summed E-state index contributed by atoms with van der Waals surface area (Å²) in [5.74, 6) is 1.45. The van der Waals surface area contributed by atoms with E-state index in [1.807, 2.05) is 13.8 Å². The zero-order chi connectivity index (χ0) is 15.4. The molecule has 1 unspecified atom stereocenters. The molecule has 2 rings (SSSR count). The van der Waals surface area contributed by atoms with Crippen LogP contribution < -0.4 is 19.5 Å². The first-order valence-electron chi connectivity index (χ1n) is 6.84. The molecule has 114 valence electrons. The first-order chi connectivity index (χ1) is 10.0. The molecule has 1 aromatic carbocycles. The van der Waals surface area contributed by atoms with Gasteiger partial charge in [-0.05, 0) is 18.9 Å². The molecule has 0 saturated carbocycles. The fourth-order valence-electron chi connectivity index (χ4n) is 1.83. The van der Waals surface area contributed by atoms with Crippen molar-refractivity contribution in [3.8, 4) is 17.2 Å². The molecule has 0 fully saturated rings. The van der Waals surface area contributed by atoms with Gasteiger partial charge < -0.3 is 19.5 Å². The number of fused-ring (bicyclic) bond motifs is 1. The average molecular weight is 293 g/mol. The molecule has 1 aromatic rings. The largest absolute Gasteiger partial charge is 0.480 e. The fraction of sp³-hybridized carbons (Fsp3) is 0.467. The highest BCUT2D eigenvalue weighted by molar-refractivity contribution is 5.83.